The fourth-order valence-electron chi connectivity index (χ4n) is 2.05. The summed E-state index contributed by atoms with van der Waals surface area (Å²) in [5, 5.41) is 14.4. The lowest BCUT2D eigenvalue weighted by Crippen LogP contribution is -2.20. The fraction of sp³-hybridized carbons (Fsp3) is 0.125. The van der Waals surface area contributed by atoms with Crippen molar-refractivity contribution in [3.8, 4) is 6.07 Å². The van der Waals surface area contributed by atoms with E-state index in [4.69, 9.17) is 5.26 Å². The topological polar surface area (TPSA) is 64.9 Å². The first-order valence-corrected chi connectivity index (χ1v) is 7.14. The van der Waals surface area contributed by atoms with Gasteiger partial charge in [-0.05, 0) is 55.3 Å². The number of rotatable bonds is 2. The van der Waals surface area contributed by atoms with E-state index in [1.807, 2.05) is 32.0 Å². The van der Waals surface area contributed by atoms with Gasteiger partial charge in [-0.25, -0.2) is 4.79 Å². The molecule has 2 amide bonds. The highest BCUT2D eigenvalue weighted by Crippen LogP contribution is 2.25. The number of anilines is 2. The first-order chi connectivity index (χ1) is 9.99. The van der Waals surface area contributed by atoms with Crippen LogP contribution in [0.3, 0.4) is 0 Å². The van der Waals surface area contributed by atoms with Gasteiger partial charge in [0.1, 0.15) is 0 Å². The Bertz CT molecular complexity index is 712. The predicted molar refractivity (Wildman–Crippen MR) is 87.4 cm³/mol. The Labute approximate surface area is 131 Å². The highest BCUT2D eigenvalue weighted by Gasteiger charge is 2.09. The SMILES string of the molecule is Cc1cc(Br)cc(C)c1NC(=O)Nc1cccc(C#N)c1. The zero-order valence-corrected chi connectivity index (χ0v) is 13.3. The molecular formula is C16H14BrN3O. The van der Waals surface area contributed by atoms with Crippen LogP contribution in [0.4, 0.5) is 16.2 Å². The van der Waals surface area contributed by atoms with E-state index >= 15 is 0 Å². The minimum atomic E-state index is -0.335. The van der Waals surface area contributed by atoms with Gasteiger partial charge in [0.25, 0.3) is 0 Å². The number of amides is 2. The molecule has 106 valence electrons. The molecule has 0 aliphatic rings. The summed E-state index contributed by atoms with van der Waals surface area (Å²) in [4.78, 5) is 12.1. The van der Waals surface area contributed by atoms with E-state index in [0.717, 1.165) is 21.3 Å². The molecule has 0 aliphatic carbocycles. The summed E-state index contributed by atoms with van der Waals surface area (Å²) in [7, 11) is 0. The Balaban J connectivity index is 2.14. The number of nitrogens with zero attached hydrogens (tertiary/aromatic N) is 1. The van der Waals surface area contributed by atoms with Gasteiger partial charge in [0.05, 0.1) is 11.6 Å². The molecule has 5 heteroatoms. The highest BCUT2D eigenvalue weighted by molar-refractivity contribution is 9.10. The fourth-order valence-corrected chi connectivity index (χ4v) is 2.74. The highest BCUT2D eigenvalue weighted by atomic mass is 79.9. The van der Waals surface area contributed by atoms with Crippen molar-refractivity contribution in [2.24, 2.45) is 0 Å². The van der Waals surface area contributed by atoms with Crippen LogP contribution in [0.5, 0.6) is 0 Å². The predicted octanol–water partition coefficient (Wildman–Crippen LogP) is 4.58. The van der Waals surface area contributed by atoms with Crippen molar-refractivity contribution >= 4 is 33.3 Å². The van der Waals surface area contributed by atoms with Crippen molar-refractivity contribution < 1.29 is 4.79 Å². The smallest absolute Gasteiger partial charge is 0.308 e. The first kappa shape index (κ1) is 15.1. The van der Waals surface area contributed by atoms with Crippen LogP contribution >= 0.6 is 15.9 Å². The van der Waals surface area contributed by atoms with Crippen molar-refractivity contribution in [2.75, 3.05) is 10.6 Å². The van der Waals surface area contributed by atoms with Gasteiger partial charge in [-0.15, -0.1) is 0 Å². The van der Waals surface area contributed by atoms with Crippen LogP contribution in [0.25, 0.3) is 0 Å². The van der Waals surface area contributed by atoms with E-state index in [2.05, 4.69) is 26.6 Å². The lowest BCUT2D eigenvalue weighted by Gasteiger charge is -2.13. The average molecular weight is 344 g/mol. The first-order valence-electron chi connectivity index (χ1n) is 6.34. The minimum absolute atomic E-state index is 0.335. The molecule has 0 heterocycles. The molecule has 0 atom stereocenters. The molecule has 2 aromatic rings. The number of nitrogens with one attached hydrogen (secondary N) is 2. The summed E-state index contributed by atoms with van der Waals surface area (Å²) < 4.78 is 0.977. The summed E-state index contributed by atoms with van der Waals surface area (Å²) in [6, 6.07) is 12.4. The van der Waals surface area contributed by atoms with Crippen LogP contribution in [-0.4, -0.2) is 6.03 Å². The molecule has 0 bridgehead atoms. The largest absolute Gasteiger partial charge is 0.323 e. The quantitative estimate of drug-likeness (QED) is 0.837. The molecule has 0 saturated carbocycles. The van der Waals surface area contributed by atoms with Crippen LogP contribution in [0, 0.1) is 25.2 Å². The lowest BCUT2D eigenvalue weighted by atomic mass is 10.1. The summed E-state index contributed by atoms with van der Waals surface area (Å²) in [5.74, 6) is 0. The third-order valence-corrected chi connectivity index (χ3v) is 3.44. The zero-order valence-electron chi connectivity index (χ0n) is 11.7. The summed E-state index contributed by atoms with van der Waals surface area (Å²) >= 11 is 3.42. The van der Waals surface area contributed by atoms with E-state index in [1.165, 1.54) is 0 Å². The maximum atomic E-state index is 12.1. The molecule has 21 heavy (non-hydrogen) atoms. The number of nitriles is 1. The van der Waals surface area contributed by atoms with Crippen molar-refractivity contribution in [2.45, 2.75) is 13.8 Å². The van der Waals surface area contributed by atoms with Crippen LogP contribution in [0.2, 0.25) is 0 Å². The van der Waals surface area contributed by atoms with E-state index in [1.54, 1.807) is 24.3 Å². The van der Waals surface area contributed by atoms with Gasteiger partial charge in [-0.3, -0.25) is 0 Å². The Hall–Kier alpha value is -2.32. The average Bonchev–Trinajstić information content (AvgIpc) is 2.43. The third-order valence-electron chi connectivity index (χ3n) is 2.99. The summed E-state index contributed by atoms with van der Waals surface area (Å²) in [6.45, 7) is 3.87. The van der Waals surface area contributed by atoms with E-state index in [9.17, 15) is 4.79 Å². The van der Waals surface area contributed by atoms with Crippen molar-refractivity contribution in [1.82, 2.24) is 0 Å². The van der Waals surface area contributed by atoms with Gasteiger partial charge in [0, 0.05) is 15.8 Å². The van der Waals surface area contributed by atoms with E-state index in [-0.39, 0.29) is 6.03 Å². The van der Waals surface area contributed by atoms with Gasteiger partial charge in [-0.2, -0.15) is 5.26 Å². The molecule has 0 saturated heterocycles. The van der Waals surface area contributed by atoms with Gasteiger partial charge in [0.15, 0.2) is 0 Å². The molecule has 2 N–H and O–H groups in total. The standard InChI is InChI=1S/C16H14BrN3O/c1-10-6-13(17)7-11(2)15(10)20-16(21)19-14-5-3-4-12(8-14)9-18/h3-8H,1-2H3,(H2,19,20,21). The van der Waals surface area contributed by atoms with Crippen LogP contribution in [0.1, 0.15) is 16.7 Å². The maximum Gasteiger partial charge on any atom is 0.323 e. The molecule has 0 radical (unpaired) electrons. The number of hydrogen-bond acceptors (Lipinski definition) is 2. The van der Waals surface area contributed by atoms with Crippen molar-refractivity contribution in [3.63, 3.8) is 0 Å². The number of carbonyl (C=O) groups is 1. The molecule has 0 aliphatic heterocycles. The second-order valence-corrected chi connectivity index (χ2v) is 5.60. The van der Waals surface area contributed by atoms with Crippen molar-refractivity contribution in [3.05, 3.63) is 57.6 Å². The lowest BCUT2D eigenvalue weighted by molar-refractivity contribution is 0.262. The van der Waals surface area contributed by atoms with Gasteiger partial charge < -0.3 is 10.6 Å². The Morgan fingerprint density at radius 2 is 1.81 bits per heavy atom. The number of halogens is 1. The number of benzene rings is 2. The molecule has 0 fully saturated rings. The molecule has 2 rings (SSSR count). The van der Waals surface area contributed by atoms with E-state index < -0.39 is 0 Å². The summed E-state index contributed by atoms with van der Waals surface area (Å²) in [5.41, 5.74) is 3.82. The number of urea groups is 1. The Kier molecular flexibility index (Phi) is 4.61. The molecular weight excluding hydrogens is 330 g/mol. The normalized spacial score (nSPS) is 9.81. The molecule has 2 aromatic carbocycles. The second kappa shape index (κ2) is 6.42. The number of carbonyl (C=O) groups excluding carboxylic acids is 1. The van der Waals surface area contributed by atoms with Gasteiger partial charge in [-0.1, -0.05) is 22.0 Å². The van der Waals surface area contributed by atoms with Crippen LogP contribution in [0.15, 0.2) is 40.9 Å². The van der Waals surface area contributed by atoms with Gasteiger partial charge in [0.2, 0.25) is 0 Å². The summed E-state index contributed by atoms with van der Waals surface area (Å²) in [6.07, 6.45) is 0. The minimum Gasteiger partial charge on any atom is -0.308 e. The number of aryl methyl sites for hydroxylation is 2. The third kappa shape index (κ3) is 3.83. The molecule has 4 nitrogen and oxygen atoms in total. The maximum absolute atomic E-state index is 12.1. The van der Waals surface area contributed by atoms with Crippen molar-refractivity contribution in [1.29, 1.82) is 5.26 Å². The zero-order chi connectivity index (χ0) is 15.4. The van der Waals surface area contributed by atoms with Crippen LogP contribution < -0.4 is 10.6 Å². The molecule has 0 aromatic heterocycles. The van der Waals surface area contributed by atoms with E-state index in [0.29, 0.717) is 11.3 Å². The molecule has 0 unspecified atom stereocenters. The van der Waals surface area contributed by atoms with Crippen LogP contribution in [-0.2, 0) is 0 Å². The molecule has 0 spiro atoms. The Morgan fingerprint density at radius 3 is 2.43 bits per heavy atom. The number of hydrogen-bond donors (Lipinski definition) is 2. The Morgan fingerprint density at radius 1 is 1.14 bits per heavy atom. The van der Waals surface area contributed by atoms with Gasteiger partial charge >= 0.3 is 6.03 Å². The second-order valence-electron chi connectivity index (χ2n) is 4.69. The monoisotopic (exact) mass is 343 g/mol.